The van der Waals surface area contributed by atoms with Gasteiger partial charge in [0, 0.05) is 11.4 Å². The molecule has 1 aliphatic rings. The van der Waals surface area contributed by atoms with E-state index in [4.69, 9.17) is 16.0 Å². The highest BCUT2D eigenvalue weighted by molar-refractivity contribution is 6.31. The maximum absolute atomic E-state index is 13.5. The lowest BCUT2D eigenvalue weighted by molar-refractivity contribution is -0.118. The Hall–Kier alpha value is -3.45. The Morgan fingerprint density at radius 3 is 2.80 bits per heavy atom. The minimum Gasteiger partial charge on any atom is -0.467 e. The second-order valence-corrected chi connectivity index (χ2v) is 7.49. The van der Waals surface area contributed by atoms with Crippen LogP contribution in [0.2, 0.25) is 5.02 Å². The van der Waals surface area contributed by atoms with Gasteiger partial charge in [-0.2, -0.15) is 0 Å². The number of hydrogen-bond donors (Lipinski definition) is 1. The SMILES string of the molecule is CC1=Nc2nc3ccccc3n2C(c2ccco2)C1C(=O)Nc1ccc(F)c(Cl)c1. The van der Waals surface area contributed by atoms with E-state index < -0.39 is 17.8 Å². The molecule has 0 spiro atoms. The summed E-state index contributed by atoms with van der Waals surface area (Å²) in [7, 11) is 0. The maximum Gasteiger partial charge on any atom is 0.235 e. The van der Waals surface area contributed by atoms with Gasteiger partial charge >= 0.3 is 0 Å². The predicted octanol–water partition coefficient (Wildman–Crippen LogP) is 5.37. The van der Waals surface area contributed by atoms with E-state index in [2.05, 4.69) is 15.3 Å². The summed E-state index contributed by atoms with van der Waals surface area (Å²) in [6.45, 7) is 1.79. The molecule has 2 aromatic heterocycles. The molecule has 8 heteroatoms. The van der Waals surface area contributed by atoms with Crippen molar-refractivity contribution in [1.29, 1.82) is 0 Å². The van der Waals surface area contributed by atoms with Gasteiger partial charge < -0.3 is 9.73 Å². The number of halogens is 2. The van der Waals surface area contributed by atoms with Crippen LogP contribution >= 0.6 is 11.6 Å². The van der Waals surface area contributed by atoms with Crippen molar-refractivity contribution in [1.82, 2.24) is 9.55 Å². The molecule has 3 heterocycles. The number of carbonyl (C=O) groups excluding carboxylic acids is 1. The number of benzene rings is 2. The standard InChI is InChI=1S/C22H16ClFN4O2/c1-12-19(21(29)26-13-8-9-15(24)14(23)11-13)20(18-7-4-10-30-18)28-17-6-3-2-5-16(17)27-22(28)25-12/h2-11,19-20H,1H3,(H,26,29). The summed E-state index contributed by atoms with van der Waals surface area (Å²) in [4.78, 5) is 22.5. The molecule has 150 valence electrons. The molecular weight excluding hydrogens is 407 g/mol. The van der Waals surface area contributed by atoms with E-state index in [0.717, 1.165) is 11.0 Å². The first-order chi connectivity index (χ1) is 14.5. The van der Waals surface area contributed by atoms with Gasteiger partial charge in [0.15, 0.2) is 0 Å². The molecule has 1 aliphatic heterocycles. The largest absolute Gasteiger partial charge is 0.467 e. The summed E-state index contributed by atoms with van der Waals surface area (Å²) in [6, 6.07) is 14.9. The second kappa shape index (κ2) is 7.11. The molecule has 2 aromatic carbocycles. The van der Waals surface area contributed by atoms with Gasteiger partial charge in [-0.3, -0.25) is 9.36 Å². The minimum atomic E-state index is -0.662. The third kappa shape index (κ3) is 2.98. The molecule has 6 nitrogen and oxygen atoms in total. The van der Waals surface area contributed by atoms with Crippen LogP contribution in [0.3, 0.4) is 0 Å². The topological polar surface area (TPSA) is 72.4 Å². The number of rotatable bonds is 3. The molecule has 5 rings (SSSR count). The van der Waals surface area contributed by atoms with Gasteiger partial charge in [0.2, 0.25) is 11.9 Å². The van der Waals surface area contributed by atoms with Crippen LogP contribution in [-0.2, 0) is 4.79 Å². The van der Waals surface area contributed by atoms with Crippen molar-refractivity contribution in [2.24, 2.45) is 10.9 Å². The van der Waals surface area contributed by atoms with E-state index in [-0.39, 0.29) is 10.9 Å². The number of furan rings is 1. The Balaban J connectivity index is 1.61. The van der Waals surface area contributed by atoms with Gasteiger partial charge in [-0.25, -0.2) is 14.4 Å². The first-order valence-electron chi connectivity index (χ1n) is 9.34. The van der Waals surface area contributed by atoms with Crippen LogP contribution in [0.25, 0.3) is 11.0 Å². The predicted molar refractivity (Wildman–Crippen MR) is 113 cm³/mol. The molecule has 0 saturated heterocycles. The molecule has 4 aromatic rings. The average molecular weight is 423 g/mol. The zero-order valence-electron chi connectivity index (χ0n) is 15.8. The van der Waals surface area contributed by atoms with Crippen molar-refractivity contribution in [2.45, 2.75) is 13.0 Å². The lowest BCUT2D eigenvalue weighted by Crippen LogP contribution is -2.38. The first kappa shape index (κ1) is 18.6. The molecular formula is C22H16ClFN4O2. The molecule has 2 atom stereocenters. The van der Waals surface area contributed by atoms with Gasteiger partial charge in [-0.1, -0.05) is 23.7 Å². The Labute approximate surface area is 176 Å². The quantitative estimate of drug-likeness (QED) is 0.482. The smallest absolute Gasteiger partial charge is 0.235 e. The van der Waals surface area contributed by atoms with Gasteiger partial charge in [-0.15, -0.1) is 0 Å². The maximum atomic E-state index is 13.5. The number of carbonyl (C=O) groups is 1. The molecule has 0 bridgehead atoms. The van der Waals surface area contributed by atoms with Crippen LogP contribution in [0.15, 0.2) is 70.3 Å². The molecule has 1 amide bonds. The van der Waals surface area contributed by atoms with Gasteiger partial charge in [0.1, 0.15) is 23.5 Å². The van der Waals surface area contributed by atoms with E-state index in [1.807, 2.05) is 34.9 Å². The summed E-state index contributed by atoms with van der Waals surface area (Å²) < 4.78 is 21.1. The minimum absolute atomic E-state index is 0.0627. The number of para-hydroxylation sites is 2. The van der Waals surface area contributed by atoms with Crippen molar-refractivity contribution in [2.75, 3.05) is 5.32 Å². The number of hydrogen-bond acceptors (Lipinski definition) is 4. The summed E-state index contributed by atoms with van der Waals surface area (Å²) in [5.41, 5.74) is 2.64. The summed E-state index contributed by atoms with van der Waals surface area (Å²) in [5, 5.41) is 2.76. The molecule has 0 radical (unpaired) electrons. The zero-order valence-corrected chi connectivity index (χ0v) is 16.6. The molecule has 0 aliphatic carbocycles. The van der Waals surface area contributed by atoms with Crippen molar-refractivity contribution < 1.29 is 13.6 Å². The van der Waals surface area contributed by atoms with Gasteiger partial charge in [-0.05, 0) is 49.4 Å². The number of aromatic nitrogens is 2. The molecule has 0 saturated carbocycles. The normalized spacial score (nSPS) is 18.2. The van der Waals surface area contributed by atoms with Crippen molar-refractivity contribution >= 4 is 45.9 Å². The molecule has 1 N–H and O–H groups in total. The molecule has 30 heavy (non-hydrogen) atoms. The monoisotopic (exact) mass is 422 g/mol. The molecule has 0 fully saturated rings. The van der Waals surface area contributed by atoms with Crippen LogP contribution in [0, 0.1) is 11.7 Å². The average Bonchev–Trinajstić information content (AvgIpc) is 3.37. The van der Waals surface area contributed by atoms with Crippen LogP contribution in [-0.4, -0.2) is 21.2 Å². The fourth-order valence-corrected chi connectivity index (χ4v) is 4.05. The second-order valence-electron chi connectivity index (χ2n) is 7.08. The highest BCUT2D eigenvalue weighted by Crippen LogP contribution is 2.40. The van der Waals surface area contributed by atoms with E-state index in [1.165, 1.54) is 18.2 Å². The molecule has 2 unspecified atom stereocenters. The van der Waals surface area contributed by atoms with Crippen molar-refractivity contribution in [3.63, 3.8) is 0 Å². The fourth-order valence-electron chi connectivity index (χ4n) is 3.87. The highest BCUT2D eigenvalue weighted by atomic mass is 35.5. The van der Waals surface area contributed by atoms with Gasteiger partial charge in [0.05, 0.1) is 22.3 Å². The number of anilines is 1. The Bertz CT molecular complexity index is 1300. The van der Waals surface area contributed by atoms with Crippen LogP contribution in [0.4, 0.5) is 16.0 Å². The van der Waals surface area contributed by atoms with Crippen LogP contribution in [0.5, 0.6) is 0 Å². The number of aliphatic imine (C=N–C) groups is 1. The zero-order chi connectivity index (χ0) is 20.8. The number of nitrogens with one attached hydrogen (secondary N) is 1. The van der Waals surface area contributed by atoms with Crippen LogP contribution < -0.4 is 5.32 Å². The summed E-state index contributed by atoms with van der Waals surface area (Å²) >= 11 is 5.86. The number of imidazole rings is 1. The third-order valence-corrected chi connectivity index (χ3v) is 5.49. The van der Waals surface area contributed by atoms with Crippen LogP contribution in [0.1, 0.15) is 18.7 Å². The Kier molecular flexibility index (Phi) is 4.40. The third-order valence-electron chi connectivity index (χ3n) is 5.20. The number of nitrogens with zero attached hydrogens (tertiary/aromatic N) is 3. The van der Waals surface area contributed by atoms with Crippen molar-refractivity contribution in [3.05, 3.63) is 77.5 Å². The lowest BCUT2D eigenvalue weighted by atomic mass is 9.90. The first-order valence-corrected chi connectivity index (χ1v) is 9.72. The van der Waals surface area contributed by atoms with Gasteiger partial charge in [0.25, 0.3) is 0 Å². The van der Waals surface area contributed by atoms with E-state index >= 15 is 0 Å². The number of amides is 1. The van der Waals surface area contributed by atoms with E-state index in [9.17, 15) is 9.18 Å². The Morgan fingerprint density at radius 1 is 1.20 bits per heavy atom. The van der Waals surface area contributed by atoms with E-state index in [0.29, 0.717) is 23.1 Å². The summed E-state index contributed by atoms with van der Waals surface area (Å²) in [5.74, 6) is -0.378. The fraction of sp³-hybridized carbons (Fsp3) is 0.136. The highest BCUT2D eigenvalue weighted by Gasteiger charge is 2.40. The van der Waals surface area contributed by atoms with E-state index in [1.54, 1.807) is 19.3 Å². The summed E-state index contributed by atoms with van der Waals surface area (Å²) in [6.07, 6.45) is 1.57. The number of fused-ring (bicyclic) bond motifs is 3. The Morgan fingerprint density at radius 2 is 2.03 bits per heavy atom. The van der Waals surface area contributed by atoms with Crippen molar-refractivity contribution in [3.8, 4) is 0 Å². The lowest BCUT2D eigenvalue weighted by Gasteiger charge is -2.30.